The predicted octanol–water partition coefficient (Wildman–Crippen LogP) is -12.7. The monoisotopic (exact) mass is 2320 g/mol. The Hall–Kier alpha value is -6.52. The van der Waals surface area contributed by atoms with E-state index in [2.05, 4.69) is 33.5 Å². The molecule has 83 heteroatoms. The molecule has 0 radical (unpaired) electrons. The van der Waals surface area contributed by atoms with Crippen LogP contribution in [0.3, 0.4) is 0 Å². The van der Waals surface area contributed by atoms with Crippen molar-refractivity contribution < 1.29 is 323 Å². The third-order valence-corrected chi connectivity index (χ3v) is 24.9. The molecule has 7 rings (SSSR count). The molecule has 6 heterocycles. The lowest BCUT2D eigenvalue weighted by Crippen LogP contribution is -2.72. The van der Waals surface area contributed by atoms with Gasteiger partial charge in [-0.15, -0.1) is 0 Å². The number of hydrogen-bond acceptors (Lipinski definition) is 58. The second-order valence-electron chi connectivity index (χ2n) is 30.9. The van der Waals surface area contributed by atoms with E-state index in [0.717, 1.165) is 26.0 Å². The Bertz CT molecular complexity index is 5910. The molecule has 1 aromatic carbocycles. The first-order valence-electron chi connectivity index (χ1n) is 39.7. The zero-order chi connectivity index (χ0) is 110. The van der Waals surface area contributed by atoms with Gasteiger partial charge in [-0.1, -0.05) is 12.1 Å². The predicted molar refractivity (Wildman–Crippen MR) is 436 cm³/mol. The van der Waals surface area contributed by atoms with Crippen LogP contribution in [0.15, 0.2) is 36.1 Å². The van der Waals surface area contributed by atoms with Crippen LogP contribution >= 0.6 is 0 Å². The molecule has 6 aliphatic heterocycles. The molecule has 145 heavy (non-hydrogen) atoms. The maximum absolute atomic E-state index is 14.4. The SMILES string of the molecule is CCOC(=O)c1ccc(CCC(O)[C@@H](O[C@@H]2OC(C)[C@@H](OS(=O)(=O)O)[C@H](O)C2OS(=O)(=O)O)[C@H](O[C@@H]2OC(COS(=O)(=O)O)[C@H](OS(=O)(=O)O)[C@H](O[C@@H]3OC(C(=O)O)[C@@H](O[C@@H]4OC(COS(=O)(=O)O)[C@H](OS(=O)(=O)O)[C@H](OCC(O)[C@H](/C=C(\O)C(=O)O)O[C@@H]5OC(C)[C@@H](OS(=O)(=O)O)[C@H](O)C5OS(=O)(=O)O)C4NC(C)=O)C(O[C@@H]4OC(C)[C@@H](OS(=O)(=O)O)[C@H](O)C4OS(=O)(=O)O)[C@@H]3O)C2NC(C)=O)C(O)C(=O)O)cc1. The van der Waals surface area contributed by atoms with Crippen molar-refractivity contribution in [3.05, 3.63) is 47.2 Å². The van der Waals surface area contributed by atoms with Crippen LogP contribution in [0.5, 0.6) is 0 Å². The van der Waals surface area contributed by atoms with Gasteiger partial charge in [-0.3, -0.25) is 55.1 Å². The Kier molecular flexibility index (Phi) is 43.6. The van der Waals surface area contributed by atoms with Gasteiger partial charge in [0.2, 0.25) is 11.8 Å². The van der Waals surface area contributed by atoms with Crippen LogP contribution < -0.4 is 10.6 Å². The molecule has 0 saturated carbocycles. The third-order valence-electron chi connectivity index (χ3n) is 20.3. The van der Waals surface area contributed by atoms with Gasteiger partial charge in [0.05, 0.1) is 56.4 Å². The highest BCUT2D eigenvalue weighted by Gasteiger charge is 2.63. The number of nitrogens with one attached hydrogen (secondary N) is 2. The molecule has 0 spiro atoms. The molecule has 15 unspecified atom stereocenters. The van der Waals surface area contributed by atoms with Gasteiger partial charge in [-0.2, -0.15) is 84.2 Å². The van der Waals surface area contributed by atoms with E-state index in [4.69, 9.17) is 74.7 Å². The quantitative estimate of drug-likeness (QED) is 0.0125. The molecular formula is C62H94N2O71S10. The number of carboxylic acid groups (broad SMARTS) is 3. The van der Waals surface area contributed by atoms with Crippen LogP contribution in [0.25, 0.3) is 0 Å². The summed E-state index contributed by atoms with van der Waals surface area (Å²) < 4.78 is 474. The lowest BCUT2D eigenvalue weighted by atomic mass is 9.93. The number of benzene rings is 1. The van der Waals surface area contributed by atoms with Crippen molar-refractivity contribution in [2.45, 2.75) is 275 Å². The Morgan fingerprint density at radius 1 is 0.400 bits per heavy atom. The average Bonchev–Trinajstić information content (AvgIpc) is 0.747. The van der Waals surface area contributed by atoms with Crippen molar-refractivity contribution in [3.63, 3.8) is 0 Å². The molecule has 2 amide bonds. The van der Waals surface area contributed by atoms with Crippen molar-refractivity contribution in [2.24, 2.45) is 0 Å². The number of carbonyl (C=O) groups is 6. The summed E-state index contributed by atoms with van der Waals surface area (Å²) in [4.78, 5) is 80.2. The van der Waals surface area contributed by atoms with Gasteiger partial charge in [-0.25, -0.2) is 61.0 Å². The summed E-state index contributed by atoms with van der Waals surface area (Å²) in [6.07, 6.45) is -106. The number of aliphatic hydroxyl groups excluding tert-OH is 8. The highest BCUT2D eigenvalue weighted by atomic mass is 32.3. The van der Waals surface area contributed by atoms with Crippen molar-refractivity contribution >= 4 is 140 Å². The highest BCUT2D eigenvalue weighted by molar-refractivity contribution is 7.83. The number of aliphatic hydroxyl groups is 8. The lowest BCUT2D eigenvalue weighted by molar-refractivity contribution is -0.385. The molecule has 6 fully saturated rings. The zero-order valence-corrected chi connectivity index (χ0v) is 81.5. The van der Waals surface area contributed by atoms with Crippen molar-refractivity contribution in [1.82, 2.24) is 10.6 Å². The van der Waals surface area contributed by atoms with E-state index in [-0.39, 0.29) is 23.8 Å². The van der Waals surface area contributed by atoms with Crippen LogP contribution in [-0.2, 0) is 243 Å². The molecule has 23 N–H and O–H groups in total. The van der Waals surface area contributed by atoms with E-state index in [1.54, 1.807) is 0 Å². The van der Waals surface area contributed by atoms with Crippen LogP contribution in [0.1, 0.15) is 63.9 Å². The maximum Gasteiger partial charge on any atom is 0.397 e. The molecule has 73 nitrogen and oxygen atoms in total. The van der Waals surface area contributed by atoms with Crippen molar-refractivity contribution in [2.75, 3.05) is 26.4 Å². The fourth-order valence-corrected chi connectivity index (χ4v) is 19.4. The molecule has 0 bridgehead atoms. The minimum atomic E-state index is -6.52. The van der Waals surface area contributed by atoms with Gasteiger partial charge < -0.3 is 133 Å². The van der Waals surface area contributed by atoms with Crippen LogP contribution in [0, 0.1) is 0 Å². The summed E-state index contributed by atoms with van der Waals surface area (Å²) in [5, 5.41) is 130. The number of carbonyl (C=O) groups excluding carboxylic acids is 3. The maximum atomic E-state index is 14.4. The molecule has 838 valence electrons. The second-order valence-corrected chi connectivity index (χ2v) is 41.4. The van der Waals surface area contributed by atoms with Gasteiger partial charge in [-0.05, 0) is 64.3 Å². The fraction of sp³-hybridized carbons (Fsp3) is 0.774. The van der Waals surface area contributed by atoms with Gasteiger partial charge >= 0.3 is 128 Å². The standard InChI is InChI=1S/C62H94N2O71S10/c1-7-112-56(81)24-11-8-23(9-12-24)10-13-25(67)41(122-61-49(134-144(106,107)108)34(71)39(19(3)117-61)129-139(91,92)93)46(36(73)54(77)78)124-58-32(64-22(6)66)45(43(132-142(100,101)102)30(121-58)17-115-137(85,86)87)123-59-37(74)47(125-62-50(135-145(109,110)111)35(72)40(20(4)118-62)130-140(94,95)96)51(52(127-59)55(79)80)126-57-31(63-21(5)65)44(42(131-141(97,98)99)29(120-57)16-114-136(82,83)84)113-15-27(69)28(14-26(68)53(75)76)119-60-48(133-143(103,104)105)33(70)38(18(2)116-60)128-138(88,89)90/h8-9,11-12,14,18-20,25,27-52,57-62,67-74H,7,10,13,15-17H2,1-6H3,(H,63,65)(H,64,66)(H,75,76)(H,77,78)(H,79,80)(H,82,83,84)(H,85,86,87)(H,88,89,90)(H,91,92,93)(H,94,95,96)(H,97,98,99)(H,100,101,102)(H,103,104,105)(H,106,107,108)(H,109,110,111)/b26-14-/t18?,19?,20?,25?,27?,28-,29?,30?,31?,32?,33-,34-,35-,36?,37-,38+,39+,40+,41+,42-,43-,44+,45+,46+,47?,48?,49?,50?,51-,52?,57-,58-,59+,60-,61-,62-/m0/s1. The number of aliphatic carboxylic acids is 3. The van der Waals surface area contributed by atoms with E-state index < -0.39 is 399 Å². The minimum absolute atomic E-state index is 0.0419. The first-order chi connectivity index (χ1) is 66.1. The molecule has 0 aromatic heterocycles. The zero-order valence-electron chi connectivity index (χ0n) is 73.3. The van der Waals surface area contributed by atoms with Crippen LogP contribution in [-0.4, -0.2) is 469 Å². The topological polar surface area (TPSA) is 1110 Å². The molecule has 36 atom stereocenters. The van der Waals surface area contributed by atoms with E-state index >= 15 is 0 Å². The first-order valence-corrected chi connectivity index (χ1v) is 53.4. The minimum Gasteiger partial charge on any atom is -0.502 e. The van der Waals surface area contributed by atoms with Crippen LogP contribution in [0.4, 0.5) is 0 Å². The summed E-state index contributed by atoms with van der Waals surface area (Å²) in [6, 6.07) is -1.47. The average molecular weight is 2320 g/mol. The van der Waals surface area contributed by atoms with E-state index in [9.17, 15) is 215 Å². The van der Waals surface area contributed by atoms with Gasteiger partial charge in [0.25, 0.3) is 0 Å². The number of rotatable bonds is 52. The van der Waals surface area contributed by atoms with Gasteiger partial charge in [0, 0.05) is 13.8 Å². The normalized spacial score (nSPS) is 33.4. The Balaban J connectivity index is 1.51. The largest absolute Gasteiger partial charge is 0.502 e. The number of ether oxygens (including phenoxy) is 14. The Morgan fingerprint density at radius 2 is 0.766 bits per heavy atom. The van der Waals surface area contributed by atoms with E-state index in [1.165, 1.54) is 19.1 Å². The third kappa shape index (κ3) is 38.4. The summed E-state index contributed by atoms with van der Waals surface area (Å²) in [7, 11) is -61.1. The molecule has 6 saturated heterocycles. The second kappa shape index (κ2) is 50.4. The summed E-state index contributed by atoms with van der Waals surface area (Å²) >= 11 is 0. The molecule has 1 aromatic rings. The summed E-state index contributed by atoms with van der Waals surface area (Å²) in [5.41, 5.74) is -0.0902. The number of hydrogen-bond donors (Lipinski definition) is 23. The van der Waals surface area contributed by atoms with Gasteiger partial charge in [0.15, 0.2) is 74.0 Å². The van der Waals surface area contributed by atoms with Crippen molar-refractivity contribution in [3.8, 4) is 0 Å². The summed E-state index contributed by atoms with van der Waals surface area (Å²) in [5.74, 6) is -14.0. The van der Waals surface area contributed by atoms with Crippen molar-refractivity contribution in [1.29, 1.82) is 0 Å². The van der Waals surface area contributed by atoms with E-state index in [0.29, 0.717) is 20.8 Å². The van der Waals surface area contributed by atoms with Gasteiger partial charge in [0.1, 0.15) is 128 Å². The Labute approximate surface area is 817 Å². The smallest absolute Gasteiger partial charge is 0.397 e. The number of esters is 1. The van der Waals surface area contributed by atoms with Crippen LogP contribution in [0.2, 0.25) is 0 Å². The highest BCUT2D eigenvalue weighted by Crippen LogP contribution is 2.42. The Morgan fingerprint density at radius 3 is 1.16 bits per heavy atom. The molecular weight excluding hydrogens is 2230 g/mol. The fourth-order valence-electron chi connectivity index (χ4n) is 14.6. The molecule has 6 aliphatic rings. The number of amides is 2. The number of carboxylic acids is 3. The molecule has 0 aliphatic carbocycles. The first kappa shape index (κ1) is 125. The lowest BCUT2D eigenvalue weighted by Gasteiger charge is -2.51. The van der Waals surface area contributed by atoms with E-state index in [1.807, 2.05) is 10.6 Å². The summed E-state index contributed by atoms with van der Waals surface area (Å²) in [6.45, 7) is -1.98. The number of aryl methyl sites for hydroxylation is 1.